The van der Waals surface area contributed by atoms with Gasteiger partial charge in [0, 0.05) is 22.0 Å². The molecule has 2 aromatic heterocycles. The van der Waals surface area contributed by atoms with Crippen LogP contribution < -0.4 is 9.64 Å². The Labute approximate surface area is 145 Å². The zero-order chi connectivity index (χ0) is 18.3. The SMILES string of the molecule is [2H]C([2H])(C)CC1CCN(c2ccn3c(n2)nc2cccc(OC)c23)CC1. The summed E-state index contributed by atoms with van der Waals surface area (Å²) in [5.41, 5.74) is 1.81. The Bertz CT molecular complexity index is 926. The number of para-hydroxylation sites is 1. The number of imidazole rings is 1. The second kappa shape index (κ2) is 6.30. The molecule has 5 heteroatoms. The van der Waals surface area contributed by atoms with Crippen molar-refractivity contribution in [2.45, 2.75) is 32.6 Å². The predicted octanol–water partition coefficient (Wildman–Crippen LogP) is 3.91. The first-order chi connectivity index (χ1) is 12.4. The molecular formula is C19H24N4O. The van der Waals surface area contributed by atoms with E-state index in [1.165, 1.54) is 0 Å². The van der Waals surface area contributed by atoms with Crippen LogP contribution in [-0.4, -0.2) is 34.6 Å². The smallest absolute Gasteiger partial charge is 0.236 e. The molecule has 5 nitrogen and oxygen atoms in total. The highest BCUT2D eigenvalue weighted by Crippen LogP contribution is 2.28. The minimum absolute atomic E-state index is 0.452. The van der Waals surface area contributed by atoms with Gasteiger partial charge in [-0.25, -0.2) is 4.98 Å². The summed E-state index contributed by atoms with van der Waals surface area (Å²) in [6, 6.07) is 7.86. The molecule has 0 saturated carbocycles. The van der Waals surface area contributed by atoms with Crippen molar-refractivity contribution in [1.29, 1.82) is 0 Å². The molecule has 0 spiro atoms. The van der Waals surface area contributed by atoms with Gasteiger partial charge in [-0.05, 0) is 37.0 Å². The first-order valence-electron chi connectivity index (χ1n) is 9.51. The number of hydrogen-bond donors (Lipinski definition) is 0. The van der Waals surface area contributed by atoms with Crippen LogP contribution in [0.4, 0.5) is 5.82 Å². The quantitative estimate of drug-likeness (QED) is 0.729. The molecule has 0 radical (unpaired) electrons. The van der Waals surface area contributed by atoms with Crippen molar-refractivity contribution in [2.24, 2.45) is 5.92 Å². The number of methoxy groups -OCH3 is 1. The number of aromatic nitrogens is 3. The summed E-state index contributed by atoms with van der Waals surface area (Å²) < 4.78 is 23.0. The van der Waals surface area contributed by atoms with Crippen LogP contribution in [0.3, 0.4) is 0 Å². The van der Waals surface area contributed by atoms with Gasteiger partial charge in [0.25, 0.3) is 0 Å². The number of nitrogens with zero attached hydrogens (tertiary/aromatic N) is 4. The number of anilines is 1. The highest BCUT2D eigenvalue weighted by Gasteiger charge is 2.20. The van der Waals surface area contributed by atoms with E-state index in [0.717, 1.165) is 48.5 Å². The standard InChI is InChI=1S/C19H24N4O/c1-3-5-14-8-11-22(12-9-14)17-10-13-23-18-15(20-19(23)21-17)6-4-7-16(18)24-2/h4,6-7,10,13-14H,3,5,8-9,11-12H2,1-2H3/i3D2. The molecule has 0 aliphatic carbocycles. The van der Waals surface area contributed by atoms with Crippen molar-refractivity contribution in [3.63, 3.8) is 0 Å². The van der Waals surface area contributed by atoms with Gasteiger partial charge in [0.15, 0.2) is 0 Å². The lowest BCUT2D eigenvalue weighted by atomic mass is 9.92. The maximum Gasteiger partial charge on any atom is 0.236 e. The molecule has 0 N–H and O–H groups in total. The number of piperidine rings is 1. The third kappa shape index (κ3) is 2.58. The van der Waals surface area contributed by atoms with Gasteiger partial charge in [-0.2, -0.15) is 4.98 Å². The topological polar surface area (TPSA) is 42.7 Å². The number of benzene rings is 1. The molecule has 0 bridgehead atoms. The molecular weight excluding hydrogens is 300 g/mol. The third-order valence-electron chi connectivity index (χ3n) is 4.89. The molecule has 1 aliphatic heterocycles. The lowest BCUT2D eigenvalue weighted by Crippen LogP contribution is -2.34. The first kappa shape index (κ1) is 13.0. The summed E-state index contributed by atoms with van der Waals surface area (Å²) in [5, 5.41) is 0. The Hall–Kier alpha value is -2.30. The van der Waals surface area contributed by atoms with Gasteiger partial charge in [-0.1, -0.05) is 25.8 Å². The minimum Gasteiger partial charge on any atom is -0.494 e. The minimum atomic E-state index is -1.08. The fourth-order valence-corrected chi connectivity index (χ4v) is 3.60. The van der Waals surface area contributed by atoms with Crippen LogP contribution in [0.5, 0.6) is 5.75 Å². The van der Waals surface area contributed by atoms with Gasteiger partial charge in [0.1, 0.15) is 17.1 Å². The maximum atomic E-state index is 7.78. The average Bonchev–Trinajstić information content (AvgIpc) is 2.98. The highest BCUT2D eigenvalue weighted by molar-refractivity contribution is 5.85. The number of hydrogen-bond acceptors (Lipinski definition) is 4. The second-order valence-corrected chi connectivity index (χ2v) is 6.38. The molecule has 0 unspecified atom stereocenters. The zero-order valence-corrected chi connectivity index (χ0v) is 14.2. The Morgan fingerprint density at radius 3 is 2.83 bits per heavy atom. The molecule has 1 fully saturated rings. The van der Waals surface area contributed by atoms with E-state index in [4.69, 9.17) is 12.5 Å². The van der Waals surface area contributed by atoms with Crippen LogP contribution in [0, 0.1) is 5.92 Å². The van der Waals surface area contributed by atoms with Crippen molar-refractivity contribution < 1.29 is 7.48 Å². The molecule has 4 rings (SSSR count). The fourth-order valence-electron chi connectivity index (χ4n) is 3.60. The monoisotopic (exact) mass is 326 g/mol. The summed E-state index contributed by atoms with van der Waals surface area (Å²) in [5.74, 6) is 2.85. The van der Waals surface area contributed by atoms with Crippen molar-refractivity contribution in [2.75, 3.05) is 25.1 Å². The van der Waals surface area contributed by atoms with Gasteiger partial charge in [-0.3, -0.25) is 4.40 Å². The van der Waals surface area contributed by atoms with Gasteiger partial charge >= 0.3 is 0 Å². The van der Waals surface area contributed by atoms with Crippen LogP contribution in [0.25, 0.3) is 16.8 Å². The molecule has 1 aromatic carbocycles. The van der Waals surface area contributed by atoms with Gasteiger partial charge in [-0.15, -0.1) is 0 Å². The number of ether oxygens (including phenoxy) is 1. The first-order valence-corrected chi connectivity index (χ1v) is 8.51. The predicted molar refractivity (Wildman–Crippen MR) is 96.9 cm³/mol. The van der Waals surface area contributed by atoms with E-state index < -0.39 is 6.37 Å². The van der Waals surface area contributed by atoms with Crippen molar-refractivity contribution in [3.8, 4) is 5.75 Å². The summed E-state index contributed by atoms with van der Waals surface area (Å²) >= 11 is 0. The normalized spacial score (nSPS) is 18.0. The molecule has 126 valence electrons. The van der Waals surface area contributed by atoms with Gasteiger partial charge in [0.2, 0.25) is 5.78 Å². The van der Waals surface area contributed by atoms with E-state index in [9.17, 15) is 0 Å². The Balaban J connectivity index is 1.58. The Morgan fingerprint density at radius 2 is 2.08 bits per heavy atom. The molecule has 3 aromatic rings. The molecule has 0 atom stereocenters. The van der Waals surface area contributed by atoms with E-state index in [1.807, 2.05) is 34.9 Å². The molecule has 1 saturated heterocycles. The van der Waals surface area contributed by atoms with E-state index >= 15 is 0 Å². The summed E-state index contributed by atoms with van der Waals surface area (Å²) in [6.45, 7) is 3.49. The highest BCUT2D eigenvalue weighted by atomic mass is 16.5. The summed E-state index contributed by atoms with van der Waals surface area (Å²) in [7, 11) is 1.67. The van der Waals surface area contributed by atoms with Crippen LogP contribution in [0.2, 0.25) is 0 Å². The summed E-state index contributed by atoms with van der Waals surface area (Å²) in [6.07, 6.45) is 3.57. The number of fused-ring (bicyclic) bond motifs is 3. The maximum absolute atomic E-state index is 7.78. The zero-order valence-electron chi connectivity index (χ0n) is 16.2. The van der Waals surface area contributed by atoms with Gasteiger partial charge in [0.05, 0.1) is 12.6 Å². The average molecular weight is 326 g/mol. The molecule has 0 amide bonds. The van der Waals surface area contributed by atoms with Crippen LogP contribution >= 0.6 is 0 Å². The van der Waals surface area contributed by atoms with E-state index in [1.54, 1.807) is 14.0 Å². The summed E-state index contributed by atoms with van der Waals surface area (Å²) in [4.78, 5) is 11.7. The largest absolute Gasteiger partial charge is 0.494 e. The lowest BCUT2D eigenvalue weighted by molar-refractivity contribution is 0.377. The van der Waals surface area contributed by atoms with Crippen molar-refractivity contribution in [3.05, 3.63) is 30.5 Å². The lowest BCUT2D eigenvalue weighted by Gasteiger charge is -2.32. The van der Waals surface area contributed by atoms with E-state index in [-0.39, 0.29) is 0 Å². The van der Waals surface area contributed by atoms with Crippen LogP contribution in [-0.2, 0) is 0 Å². The Morgan fingerprint density at radius 1 is 1.25 bits per heavy atom. The second-order valence-electron chi connectivity index (χ2n) is 6.38. The van der Waals surface area contributed by atoms with E-state index in [2.05, 4.69) is 9.88 Å². The molecule has 24 heavy (non-hydrogen) atoms. The van der Waals surface area contributed by atoms with Crippen molar-refractivity contribution >= 4 is 22.6 Å². The van der Waals surface area contributed by atoms with Crippen LogP contribution in [0.15, 0.2) is 30.5 Å². The molecule has 1 aliphatic rings. The van der Waals surface area contributed by atoms with Crippen LogP contribution in [0.1, 0.15) is 35.3 Å². The number of rotatable bonds is 4. The van der Waals surface area contributed by atoms with Gasteiger partial charge < -0.3 is 9.64 Å². The Kier molecular flexibility index (Phi) is 3.43. The van der Waals surface area contributed by atoms with E-state index in [0.29, 0.717) is 18.1 Å². The molecule has 3 heterocycles. The fraction of sp³-hybridized carbons (Fsp3) is 0.474. The third-order valence-corrected chi connectivity index (χ3v) is 4.89. The van der Waals surface area contributed by atoms with Crippen molar-refractivity contribution in [1.82, 2.24) is 14.4 Å².